The molecule has 0 radical (unpaired) electrons. The highest BCUT2D eigenvalue weighted by Gasteiger charge is 2.23. The van der Waals surface area contributed by atoms with Crippen LogP contribution in [0.15, 0.2) is 60.1 Å². The Balaban J connectivity index is 1.65. The van der Waals surface area contributed by atoms with E-state index in [1.165, 1.54) is 11.3 Å². The molecule has 0 atom stereocenters. The van der Waals surface area contributed by atoms with Crippen molar-refractivity contribution in [3.63, 3.8) is 0 Å². The van der Waals surface area contributed by atoms with Crippen LogP contribution in [0.2, 0.25) is 0 Å². The van der Waals surface area contributed by atoms with Gasteiger partial charge in [0, 0.05) is 13.2 Å². The SMILES string of the molecule is CCc1nc2c(OCc3ccc(OC)cc3)cccn2c1N(C)C(=O)c1cccs1. The minimum atomic E-state index is -0.0499. The van der Waals surface area contributed by atoms with Crippen molar-refractivity contribution in [3.8, 4) is 11.5 Å². The van der Waals surface area contributed by atoms with Crippen molar-refractivity contribution in [2.75, 3.05) is 19.1 Å². The lowest BCUT2D eigenvalue weighted by atomic mass is 10.2. The first kappa shape index (κ1) is 20.0. The molecule has 0 saturated heterocycles. The molecule has 4 rings (SSSR count). The number of pyridine rings is 1. The van der Waals surface area contributed by atoms with Crippen LogP contribution < -0.4 is 14.4 Å². The van der Waals surface area contributed by atoms with Crippen molar-refractivity contribution < 1.29 is 14.3 Å². The van der Waals surface area contributed by atoms with E-state index in [4.69, 9.17) is 14.5 Å². The Morgan fingerprint density at radius 1 is 1.17 bits per heavy atom. The van der Waals surface area contributed by atoms with Crippen LogP contribution in [0.1, 0.15) is 27.9 Å². The van der Waals surface area contributed by atoms with E-state index in [1.807, 2.05) is 71.4 Å². The number of carbonyl (C=O) groups excluding carboxylic acids is 1. The molecule has 0 saturated carbocycles. The maximum absolute atomic E-state index is 12.9. The molecular formula is C23H23N3O3S. The molecular weight excluding hydrogens is 398 g/mol. The topological polar surface area (TPSA) is 56.1 Å². The normalized spacial score (nSPS) is 10.9. The van der Waals surface area contributed by atoms with E-state index >= 15 is 0 Å². The number of methoxy groups -OCH3 is 1. The summed E-state index contributed by atoms with van der Waals surface area (Å²) >= 11 is 1.43. The molecule has 154 valence electrons. The first-order chi connectivity index (χ1) is 14.6. The van der Waals surface area contributed by atoms with Gasteiger partial charge in [-0.25, -0.2) is 4.98 Å². The number of amides is 1. The van der Waals surface area contributed by atoms with Crippen LogP contribution in [-0.2, 0) is 13.0 Å². The van der Waals surface area contributed by atoms with Crippen LogP contribution in [-0.4, -0.2) is 29.4 Å². The van der Waals surface area contributed by atoms with Gasteiger partial charge in [0.15, 0.2) is 11.4 Å². The maximum Gasteiger partial charge on any atom is 0.269 e. The number of hydrogen-bond acceptors (Lipinski definition) is 5. The van der Waals surface area contributed by atoms with Crippen molar-refractivity contribution in [1.82, 2.24) is 9.38 Å². The molecule has 0 aliphatic carbocycles. The highest BCUT2D eigenvalue weighted by molar-refractivity contribution is 7.12. The molecule has 4 aromatic rings. The number of anilines is 1. The summed E-state index contributed by atoms with van der Waals surface area (Å²) < 4.78 is 13.2. The number of ether oxygens (including phenoxy) is 2. The van der Waals surface area contributed by atoms with Crippen molar-refractivity contribution in [2.24, 2.45) is 0 Å². The van der Waals surface area contributed by atoms with Gasteiger partial charge in [0.1, 0.15) is 18.2 Å². The maximum atomic E-state index is 12.9. The smallest absolute Gasteiger partial charge is 0.269 e. The monoisotopic (exact) mass is 421 g/mol. The first-order valence-electron chi connectivity index (χ1n) is 9.69. The lowest BCUT2D eigenvalue weighted by Crippen LogP contribution is -2.27. The molecule has 6 nitrogen and oxygen atoms in total. The first-order valence-corrected chi connectivity index (χ1v) is 10.6. The van der Waals surface area contributed by atoms with Gasteiger partial charge in [-0.15, -0.1) is 11.3 Å². The van der Waals surface area contributed by atoms with E-state index in [2.05, 4.69) is 0 Å². The summed E-state index contributed by atoms with van der Waals surface area (Å²) in [6.45, 7) is 2.45. The summed E-state index contributed by atoms with van der Waals surface area (Å²) in [6, 6.07) is 15.3. The second-order valence-electron chi connectivity index (χ2n) is 6.78. The Hall–Kier alpha value is -3.32. The van der Waals surface area contributed by atoms with Crippen molar-refractivity contribution >= 4 is 28.7 Å². The molecule has 0 bridgehead atoms. The summed E-state index contributed by atoms with van der Waals surface area (Å²) in [6.07, 6.45) is 2.62. The van der Waals surface area contributed by atoms with Crippen LogP contribution in [0.3, 0.4) is 0 Å². The fraction of sp³-hybridized carbons (Fsp3) is 0.217. The number of benzene rings is 1. The molecule has 0 aliphatic rings. The van der Waals surface area contributed by atoms with E-state index in [0.717, 1.165) is 22.8 Å². The summed E-state index contributed by atoms with van der Waals surface area (Å²) in [7, 11) is 3.43. The molecule has 0 spiro atoms. The number of imidazole rings is 1. The van der Waals surface area contributed by atoms with Gasteiger partial charge in [-0.3, -0.25) is 14.1 Å². The average molecular weight is 422 g/mol. The standard InChI is InChI=1S/C23H23N3O3S/c1-4-18-22(25(2)23(27)20-8-6-14-30-20)26-13-5-7-19(21(26)24-18)29-15-16-9-11-17(28-3)12-10-16/h5-14H,4,15H2,1-3H3. The fourth-order valence-corrected chi connectivity index (χ4v) is 4.03. The molecule has 3 aromatic heterocycles. The number of aryl methyl sites for hydroxylation is 1. The van der Waals surface area contributed by atoms with Gasteiger partial charge in [0.05, 0.1) is 17.7 Å². The second-order valence-corrected chi connectivity index (χ2v) is 7.73. The number of aromatic nitrogens is 2. The second kappa shape index (κ2) is 8.59. The third-order valence-corrected chi connectivity index (χ3v) is 5.76. The number of rotatable bonds is 7. The average Bonchev–Trinajstić information content (AvgIpc) is 3.45. The Morgan fingerprint density at radius 3 is 2.63 bits per heavy atom. The Labute approximate surface area is 179 Å². The van der Waals surface area contributed by atoms with Crippen molar-refractivity contribution in [1.29, 1.82) is 0 Å². The predicted molar refractivity (Wildman–Crippen MR) is 119 cm³/mol. The van der Waals surface area contributed by atoms with Gasteiger partial charge in [0.2, 0.25) is 0 Å². The Bertz CT molecular complexity index is 1150. The van der Waals surface area contributed by atoms with Crippen molar-refractivity contribution in [2.45, 2.75) is 20.0 Å². The van der Waals surface area contributed by atoms with Gasteiger partial charge in [-0.05, 0) is 47.7 Å². The zero-order valence-corrected chi connectivity index (χ0v) is 18.0. The molecule has 0 fully saturated rings. The quantitative estimate of drug-likeness (QED) is 0.429. The molecule has 1 amide bonds. The van der Waals surface area contributed by atoms with Crippen LogP contribution in [0, 0.1) is 0 Å². The third kappa shape index (κ3) is 3.76. The van der Waals surface area contributed by atoms with Crippen LogP contribution in [0.5, 0.6) is 11.5 Å². The van der Waals surface area contributed by atoms with Crippen LogP contribution >= 0.6 is 11.3 Å². The third-order valence-electron chi connectivity index (χ3n) is 4.90. The van der Waals surface area contributed by atoms with Gasteiger partial charge < -0.3 is 9.47 Å². The van der Waals surface area contributed by atoms with Gasteiger partial charge >= 0.3 is 0 Å². The summed E-state index contributed by atoms with van der Waals surface area (Å²) in [5.41, 5.74) is 2.58. The van der Waals surface area contributed by atoms with E-state index in [9.17, 15) is 4.79 Å². The molecule has 0 unspecified atom stereocenters. The summed E-state index contributed by atoms with van der Waals surface area (Å²) in [5.74, 6) is 2.20. The number of thiophene rings is 1. The lowest BCUT2D eigenvalue weighted by Gasteiger charge is -2.17. The van der Waals surface area contributed by atoms with E-state index in [0.29, 0.717) is 29.3 Å². The predicted octanol–water partition coefficient (Wildman–Crippen LogP) is 4.82. The lowest BCUT2D eigenvalue weighted by molar-refractivity contribution is 0.0995. The summed E-state index contributed by atoms with van der Waals surface area (Å²) in [4.78, 5) is 20.1. The Kier molecular flexibility index (Phi) is 5.72. The van der Waals surface area contributed by atoms with Gasteiger partial charge in [0.25, 0.3) is 5.91 Å². The zero-order chi connectivity index (χ0) is 21.1. The molecule has 3 heterocycles. The van der Waals surface area contributed by atoms with Gasteiger partial charge in [-0.2, -0.15) is 0 Å². The van der Waals surface area contributed by atoms with Crippen LogP contribution in [0.25, 0.3) is 5.65 Å². The minimum absolute atomic E-state index is 0.0499. The number of fused-ring (bicyclic) bond motifs is 1. The molecule has 30 heavy (non-hydrogen) atoms. The number of nitrogens with zero attached hydrogens (tertiary/aromatic N) is 3. The minimum Gasteiger partial charge on any atom is -0.497 e. The zero-order valence-electron chi connectivity index (χ0n) is 17.2. The Morgan fingerprint density at radius 2 is 1.97 bits per heavy atom. The fourth-order valence-electron chi connectivity index (χ4n) is 3.33. The van der Waals surface area contributed by atoms with E-state index in [1.54, 1.807) is 19.1 Å². The molecule has 7 heteroatoms. The highest BCUT2D eigenvalue weighted by Crippen LogP contribution is 2.29. The largest absolute Gasteiger partial charge is 0.497 e. The van der Waals surface area contributed by atoms with E-state index in [-0.39, 0.29) is 5.91 Å². The number of hydrogen-bond donors (Lipinski definition) is 0. The molecule has 1 aromatic carbocycles. The van der Waals surface area contributed by atoms with Gasteiger partial charge in [-0.1, -0.05) is 25.1 Å². The van der Waals surface area contributed by atoms with Crippen molar-refractivity contribution in [3.05, 3.63) is 76.2 Å². The summed E-state index contributed by atoms with van der Waals surface area (Å²) in [5, 5.41) is 1.90. The molecule has 0 aliphatic heterocycles. The molecule has 0 N–H and O–H groups in total. The highest BCUT2D eigenvalue weighted by atomic mass is 32.1. The van der Waals surface area contributed by atoms with Crippen LogP contribution in [0.4, 0.5) is 5.82 Å². The van der Waals surface area contributed by atoms with E-state index < -0.39 is 0 Å². The number of carbonyl (C=O) groups is 1.